The number of nitrogens with one attached hydrogen (secondary N) is 2. The van der Waals surface area contributed by atoms with E-state index in [1.807, 2.05) is 48.2 Å². The molecule has 30 heavy (non-hydrogen) atoms. The molecule has 6 nitrogen and oxygen atoms in total. The number of rotatable bonds is 5. The van der Waals surface area contributed by atoms with E-state index in [2.05, 4.69) is 24.5 Å². The van der Waals surface area contributed by atoms with Gasteiger partial charge in [0.2, 0.25) is 5.91 Å². The van der Waals surface area contributed by atoms with Gasteiger partial charge < -0.3 is 20.0 Å². The van der Waals surface area contributed by atoms with Gasteiger partial charge in [0.15, 0.2) is 5.78 Å². The zero-order valence-corrected chi connectivity index (χ0v) is 17.8. The lowest BCUT2D eigenvalue weighted by atomic mass is 9.74. The van der Waals surface area contributed by atoms with Crippen molar-refractivity contribution in [3.8, 4) is 0 Å². The molecule has 1 aromatic carbocycles. The number of carbonyl (C=O) groups is 2. The van der Waals surface area contributed by atoms with Crippen LogP contribution >= 0.6 is 0 Å². The van der Waals surface area contributed by atoms with Gasteiger partial charge in [-0.15, -0.1) is 0 Å². The molecule has 0 fully saturated rings. The number of carbonyl (C=O) groups excluding carboxylic acids is 2. The standard InChI is InChI=1S/C24H29N3O3/c1-4-11-25-21(29)15-27-18-9-6-5-8-16(18)26-17-13-24(2,3)14-19(28)22(17)23(27)20-10-7-12-30-20/h5-10,12,23,26H,4,11,13-15H2,1-3H3,(H,25,29)/t23-/m0/s1. The molecular formula is C24H29N3O3. The Kier molecular flexibility index (Phi) is 5.41. The summed E-state index contributed by atoms with van der Waals surface area (Å²) in [6.45, 7) is 7.02. The van der Waals surface area contributed by atoms with Crippen LogP contribution in [0.1, 0.15) is 51.8 Å². The van der Waals surface area contributed by atoms with Crippen molar-refractivity contribution in [2.24, 2.45) is 5.41 Å². The summed E-state index contributed by atoms with van der Waals surface area (Å²) in [7, 11) is 0. The van der Waals surface area contributed by atoms with Crippen LogP contribution < -0.4 is 15.5 Å². The van der Waals surface area contributed by atoms with E-state index < -0.39 is 6.04 Å². The lowest BCUT2D eigenvalue weighted by molar-refractivity contribution is -0.120. The number of furan rings is 1. The smallest absolute Gasteiger partial charge is 0.239 e. The Bertz CT molecular complexity index is 975. The summed E-state index contributed by atoms with van der Waals surface area (Å²) in [4.78, 5) is 28.1. The van der Waals surface area contributed by atoms with Gasteiger partial charge in [-0.2, -0.15) is 0 Å². The first kappa shape index (κ1) is 20.3. The van der Waals surface area contributed by atoms with Gasteiger partial charge in [0.25, 0.3) is 0 Å². The summed E-state index contributed by atoms with van der Waals surface area (Å²) in [5.74, 6) is 0.690. The Balaban J connectivity index is 1.87. The second kappa shape index (κ2) is 8.01. The summed E-state index contributed by atoms with van der Waals surface area (Å²) in [6, 6.07) is 11.1. The van der Waals surface area contributed by atoms with E-state index >= 15 is 0 Å². The van der Waals surface area contributed by atoms with Gasteiger partial charge in [-0.1, -0.05) is 32.9 Å². The van der Waals surface area contributed by atoms with E-state index in [0.717, 1.165) is 29.9 Å². The molecule has 2 aromatic rings. The number of anilines is 2. The molecule has 0 unspecified atom stereocenters. The summed E-state index contributed by atoms with van der Waals surface area (Å²) in [5, 5.41) is 6.49. The minimum absolute atomic E-state index is 0.0733. The molecule has 0 radical (unpaired) electrons. The number of nitrogens with zero attached hydrogens (tertiary/aromatic N) is 1. The topological polar surface area (TPSA) is 74.6 Å². The van der Waals surface area contributed by atoms with E-state index in [1.54, 1.807) is 6.26 Å². The molecule has 6 heteroatoms. The van der Waals surface area contributed by atoms with E-state index in [9.17, 15) is 9.59 Å². The first-order valence-corrected chi connectivity index (χ1v) is 10.6. The molecule has 1 aromatic heterocycles. The third-order valence-corrected chi connectivity index (χ3v) is 5.70. The minimum atomic E-state index is -0.456. The SMILES string of the molecule is CCCNC(=O)CN1c2ccccc2NC2=C(C(=O)CC(C)(C)C2)[C@@H]1c1ccco1. The molecule has 158 valence electrons. The molecule has 2 aliphatic rings. The van der Waals surface area contributed by atoms with Crippen molar-refractivity contribution in [1.82, 2.24) is 5.32 Å². The normalized spacial score (nSPS) is 20.2. The number of hydrogen-bond acceptors (Lipinski definition) is 5. The van der Waals surface area contributed by atoms with E-state index in [1.165, 1.54) is 0 Å². The fourth-order valence-electron chi connectivity index (χ4n) is 4.44. The van der Waals surface area contributed by atoms with Crippen molar-refractivity contribution < 1.29 is 14.0 Å². The van der Waals surface area contributed by atoms with Crippen molar-refractivity contribution in [3.05, 3.63) is 59.7 Å². The third-order valence-electron chi connectivity index (χ3n) is 5.70. The number of hydrogen-bond donors (Lipinski definition) is 2. The van der Waals surface area contributed by atoms with Crippen LogP contribution in [0.4, 0.5) is 11.4 Å². The number of para-hydroxylation sites is 2. The maximum atomic E-state index is 13.4. The molecule has 2 heterocycles. The fourth-order valence-corrected chi connectivity index (χ4v) is 4.44. The predicted octanol–water partition coefficient (Wildman–Crippen LogP) is 4.42. The number of allylic oxidation sites excluding steroid dienone is 1. The molecule has 0 spiro atoms. The van der Waals surface area contributed by atoms with Crippen LogP contribution in [0.5, 0.6) is 0 Å². The zero-order chi connectivity index (χ0) is 21.3. The van der Waals surface area contributed by atoms with Crippen LogP contribution in [0.3, 0.4) is 0 Å². The van der Waals surface area contributed by atoms with Gasteiger partial charge in [-0.25, -0.2) is 0 Å². The van der Waals surface area contributed by atoms with Gasteiger partial charge >= 0.3 is 0 Å². The summed E-state index contributed by atoms with van der Waals surface area (Å²) >= 11 is 0. The Morgan fingerprint density at radius 2 is 2.03 bits per heavy atom. The van der Waals surface area contributed by atoms with Crippen molar-refractivity contribution in [3.63, 3.8) is 0 Å². The highest BCUT2D eigenvalue weighted by atomic mass is 16.3. The molecule has 2 N–H and O–H groups in total. The third kappa shape index (κ3) is 3.86. The number of benzene rings is 1. The van der Waals surface area contributed by atoms with Crippen molar-refractivity contribution in [2.45, 2.75) is 46.1 Å². The van der Waals surface area contributed by atoms with Crippen LogP contribution in [-0.4, -0.2) is 24.8 Å². The largest absolute Gasteiger partial charge is 0.467 e. The maximum Gasteiger partial charge on any atom is 0.239 e. The second-order valence-electron chi connectivity index (χ2n) is 8.87. The molecule has 1 aliphatic carbocycles. The van der Waals surface area contributed by atoms with Crippen LogP contribution in [0.15, 0.2) is 58.3 Å². The Hall–Kier alpha value is -3.02. The highest BCUT2D eigenvalue weighted by Crippen LogP contribution is 2.48. The van der Waals surface area contributed by atoms with Gasteiger partial charge in [-0.05, 0) is 42.5 Å². The van der Waals surface area contributed by atoms with Crippen LogP contribution in [0.25, 0.3) is 0 Å². The molecule has 0 bridgehead atoms. The Morgan fingerprint density at radius 3 is 2.77 bits per heavy atom. The summed E-state index contributed by atoms with van der Waals surface area (Å²) in [6.07, 6.45) is 3.72. The highest BCUT2D eigenvalue weighted by Gasteiger charge is 2.42. The van der Waals surface area contributed by atoms with Crippen molar-refractivity contribution in [1.29, 1.82) is 0 Å². The quantitative estimate of drug-likeness (QED) is 0.767. The Morgan fingerprint density at radius 1 is 1.23 bits per heavy atom. The van der Waals surface area contributed by atoms with Crippen molar-refractivity contribution in [2.75, 3.05) is 23.3 Å². The molecular weight excluding hydrogens is 378 g/mol. The average Bonchev–Trinajstić information content (AvgIpc) is 3.17. The molecule has 4 rings (SSSR count). The van der Waals surface area contributed by atoms with E-state index in [0.29, 0.717) is 24.3 Å². The molecule has 1 aliphatic heterocycles. The summed E-state index contributed by atoms with van der Waals surface area (Å²) in [5.41, 5.74) is 3.27. The number of ketones is 1. The van der Waals surface area contributed by atoms with Crippen LogP contribution in [0.2, 0.25) is 0 Å². The lowest BCUT2D eigenvalue weighted by Gasteiger charge is -2.36. The molecule has 0 saturated heterocycles. The van der Waals surface area contributed by atoms with Gasteiger partial charge in [0, 0.05) is 24.2 Å². The molecule has 1 atom stereocenters. The fraction of sp³-hybridized carbons (Fsp3) is 0.417. The predicted molar refractivity (Wildman–Crippen MR) is 117 cm³/mol. The Labute approximate surface area is 177 Å². The molecule has 1 amide bonds. The number of fused-ring (bicyclic) bond motifs is 1. The average molecular weight is 408 g/mol. The highest BCUT2D eigenvalue weighted by molar-refractivity contribution is 6.01. The van der Waals surface area contributed by atoms with Gasteiger partial charge in [0.05, 0.1) is 24.2 Å². The van der Waals surface area contributed by atoms with E-state index in [-0.39, 0.29) is 23.7 Å². The second-order valence-corrected chi connectivity index (χ2v) is 8.87. The maximum absolute atomic E-state index is 13.4. The van der Waals surface area contributed by atoms with Crippen LogP contribution in [0, 0.1) is 5.41 Å². The van der Waals surface area contributed by atoms with Gasteiger partial charge in [-0.3, -0.25) is 9.59 Å². The summed E-state index contributed by atoms with van der Waals surface area (Å²) < 4.78 is 5.80. The zero-order valence-electron chi connectivity index (χ0n) is 17.8. The monoisotopic (exact) mass is 407 g/mol. The minimum Gasteiger partial charge on any atom is -0.467 e. The lowest BCUT2D eigenvalue weighted by Crippen LogP contribution is -2.42. The first-order chi connectivity index (χ1) is 14.4. The van der Waals surface area contributed by atoms with E-state index in [4.69, 9.17) is 4.42 Å². The number of amides is 1. The van der Waals surface area contributed by atoms with Gasteiger partial charge in [0.1, 0.15) is 11.8 Å². The molecule has 0 saturated carbocycles. The first-order valence-electron chi connectivity index (χ1n) is 10.6. The van der Waals surface area contributed by atoms with Crippen molar-refractivity contribution >= 4 is 23.1 Å². The van der Waals surface area contributed by atoms with Crippen LogP contribution in [-0.2, 0) is 9.59 Å². The number of Topliss-reactive ketones (excluding diaryl/α,β-unsaturated/α-hetero) is 1.